The van der Waals surface area contributed by atoms with E-state index in [2.05, 4.69) is 0 Å². The molecule has 2 rings (SSSR count). The van der Waals surface area contributed by atoms with Crippen LogP contribution in [0.5, 0.6) is 0 Å². The van der Waals surface area contributed by atoms with E-state index in [1.165, 1.54) is 17.4 Å². The molecule has 1 aromatic carbocycles. The quantitative estimate of drug-likeness (QED) is 0.749. The fourth-order valence-corrected chi connectivity index (χ4v) is 3.47. The maximum atomic E-state index is 11.8. The SMILES string of the molecule is O=S(=O)(/C=C/CCc1ccccc1)OC1CCCCC1. The highest BCUT2D eigenvalue weighted by Crippen LogP contribution is 2.22. The molecule has 0 amide bonds. The summed E-state index contributed by atoms with van der Waals surface area (Å²) in [5.41, 5.74) is 1.21. The lowest BCUT2D eigenvalue weighted by atomic mass is 9.98. The standard InChI is InChI=1S/C16H22O3S/c17-20(18,19-16-12-5-2-6-13-16)14-8-7-11-15-9-3-1-4-10-15/h1,3-4,8-10,14,16H,2,5-7,11-13H2/b14-8+. The van der Waals surface area contributed by atoms with Crippen molar-refractivity contribution in [2.45, 2.75) is 51.0 Å². The molecule has 1 saturated carbocycles. The molecule has 0 radical (unpaired) electrons. The Labute approximate surface area is 121 Å². The molecule has 1 aliphatic carbocycles. The molecule has 0 bridgehead atoms. The van der Waals surface area contributed by atoms with E-state index < -0.39 is 10.1 Å². The van der Waals surface area contributed by atoms with Crippen molar-refractivity contribution in [1.29, 1.82) is 0 Å². The van der Waals surface area contributed by atoms with Gasteiger partial charge >= 0.3 is 0 Å². The first-order valence-corrected chi connectivity index (χ1v) is 8.77. The number of hydrogen-bond donors (Lipinski definition) is 0. The van der Waals surface area contributed by atoms with Gasteiger partial charge in [-0.1, -0.05) is 55.7 Å². The third-order valence-electron chi connectivity index (χ3n) is 3.53. The average molecular weight is 294 g/mol. The Bertz CT molecular complexity index is 514. The third kappa shape index (κ3) is 5.47. The van der Waals surface area contributed by atoms with Gasteiger partial charge in [0.25, 0.3) is 10.1 Å². The fourth-order valence-electron chi connectivity index (χ4n) is 2.46. The molecule has 4 heteroatoms. The van der Waals surface area contributed by atoms with Crippen LogP contribution >= 0.6 is 0 Å². The molecule has 0 aromatic heterocycles. The van der Waals surface area contributed by atoms with Crippen LogP contribution in [0.4, 0.5) is 0 Å². The summed E-state index contributed by atoms with van der Waals surface area (Å²) in [6.07, 6.45) is 8.16. The summed E-state index contributed by atoms with van der Waals surface area (Å²) < 4.78 is 28.8. The number of aryl methyl sites for hydroxylation is 1. The van der Waals surface area contributed by atoms with Gasteiger partial charge in [0.05, 0.1) is 11.5 Å². The summed E-state index contributed by atoms with van der Waals surface area (Å²) in [6.45, 7) is 0. The topological polar surface area (TPSA) is 43.4 Å². The predicted molar refractivity (Wildman–Crippen MR) is 80.8 cm³/mol. The lowest BCUT2D eigenvalue weighted by molar-refractivity contribution is 0.165. The first-order chi connectivity index (χ1) is 9.66. The van der Waals surface area contributed by atoms with Crippen molar-refractivity contribution in [2.24, 2.45) is 0 Å². The Morgan fingerprint density at radius 1 is 1.10 bits per heavy atom. The molecule has 0 aliphatic heterocycles. The van der Waals surface area contributed by atoms with Crippen LogP contribution in [0.15, 0.2) is 41.8 Å². The van der Waals surface area contributed by atoms with E-state index in [0.29, 0.717) is 6.42 Å². The molecule has 0 heterocycles. The summed E-state index contributed by atoms with van der Waals surface area (Å²) >= 11 is 0. The van der Waals surface area contributed by atoms with Gasteiger partial charge in [0.15, 0.2) is 0 Å². The molecular formula is C16H22O3S. The highest BCUT2D eigenvalue weighted by molar-refractivity contribution is 7.89. The van der Waals surface area contributed by atoms with E-state index in [1.54, 1.807) is 6.08 Å². The Kier molecular flexibility index (Phi) is 5.80. The fraction of sp³-hybridized carbons (Fsp3) is 0.500. The minimum atomic E-state index is -3.52. The number of benzene rings is 1. The van der Waals surface area contributed by atoms with Crippen molar-refractivity contribution in [2.75, 3.05) is 0 Å². The molecule has 1 aromatic rings. The molecule has 1 fully saturated rings. The van der Waals surface area contributed by atoms with E-state index in [-0.39, 0.29) is 6.10 Å². The maximum Gasteiger partial charge on any atom is 0.290 e. The predicted octanol–water partition coefficient (Wildman–Crippen LogP) is 3.81. The molecule has 0 saturated heterocycles. The summed E-state index contributed by atoms with van der Waals surface area (Å²) in [4.78, 5) is 0. The number of allylic oxidation sites excluding steroid dienone is 1. The third-order valence-corrected chi connectivity index (χ3v) is 4.59. The Morgan fingerprint density at radius 2 is 1.80 bits per heavy atom. The molecule has 0 unspecified atom stereocenters. The Hall–Kier alpha value is -1.13. The Balaban J connectivity index is 1.77. The van der Waals surface area contributed by atoms with Gasteiger partial charge in [0.2, 0.25) is 0 Å². The van der Waals surface area contributed by atoms with E-state index in [1.807, 2.05) is 30.3 Å². The van der Waals surface area contributed by atoms with Crippen LogP contribution in [0.2, 0.25) is 0 Å². The van der Waals surface area contributed by atoms with Crippen molar-refractivity contribution < 1.29 is 12.6 Å². The van der Waals surface area contributed by atoms with E-state index in [4.69, 9.17) is 4.18 Å². The highest BCUT2D eigenvalue weighted by atomic mass is 32.2. The van der Waals surface area contributed by atoms with Gasteiger partial charge in [-0.15, -0.1) is 0 Å². The second-order valence-electron chi connectivity index (χ2n) is 5.25. The molecular weight excluding hydrogens is 272 g/mol. The van der Waals surface area contributed by atoms with Crippen LogP contribution in [0.1, 0.15) is 44.1 Å². The van der Waals surface area contributed by atoms with Gasteiger partial charge in [0, 0.05) is 0 Å². The number of hydrogen-bond acceptors (Lipinski definition) is 3. The van der Waals surface area contributed by atoms with Crippen LogP contribution in [0.3, 0.4) is 0 Å². The van der Waals surface area contributed by atoms with Crippen LogP contribution in [0, 0.1) is 0 Å². The normalized spacial score (nSPS) is 17.6. The minimum Gasteiger partial charge on any atom is -0.263 e. The zero-order valence-corrected chi connectivity index (χ0v) is 12.5. The summed E-state index contributed by atoms with van der Waals surface area (Å²) in [5, 5.41) is 1.21. The molecule has 0 N–H and O–H groups in total. The first-order valence-electron chi connectivity index (χ1n) is 7.29. The van der Waals surface area contributed by atoms with Crippen molar-refractivity contribution >= 4 is 10.1 Å². The molecule has 20 heavy (non-hydrogen) atoms. The zero-order chi connectivity index (χ0) is 14.3. The van der Waals surface area contributed by atoms with Crippen LogP contribution in [-0.4, -0.2) is 14.5 Å². The average Bonchev–Trinajstić information content (AvgIpc) is 2.45. The molecule has 0 spiro atoms. The largest absolute Gasteiger partial charge is 0.290 e. The van der Waals surface area contributed by atoms with Gasteiger partial charge in [-0.05, 0) is 31.2 Å². The Morgan fingerprint density at radius 3 is 2.50 bits per heavy atom. The molecule has 1 aliphatic rings. The van der Waals surface area contributed by atoms with Crippen LogP contribution in [-0.2, 0) is 20.7 Å². The summed E-state index contributed by atoms with van der Waals surface area (Å²) in [7, 11) is -3.52. The van der Waals surface area contributed by atoms with Crippen molar-refractivity contribution in [3.63, 3.8) is 0 Å². The molecule has 110 valence electrons. The first kappa shape index (κ1) is 15.3. The summed E-state index contributed by atoms with van der Waals surface area (Å²) in [6, 6.07) is 10.0. The van der Waals surface area contributed by atoms with E-state index >= 15 is 0 Å². The molecule has 3 nitrogen and oxygen atoms in total. The monoisotopic (exact) mass is 294 g/mol. The lowest BCUT2D eigenvalue weighted by Gasteiger charge is -2.20. The lowest BCUT2D eigenvalue weighted by Crippen LogP contribution is -2.19. The van der Waals surface area contributed by atoms with E-state index in [0.717, 1.165) is 32.1 Å². The van der Waals surface area contributed by atoms with Crippen molar-refractivity contribution in [3.8, 4) is 0 Å². The van der Waals surface area contributed by atoms with Gasteiger partial charge in [-0.25, -0.2) is 0 Å². The van der Waals surface area contributed by atoms with E-state index in [9.17, 15) is 8.42 Å². The van der Waals surface area contributed by atoms with Crippen LogP contribution < -0.4 is 0 Å². The second kappa shape index (κ2) is 7.60. The minimum absolute atomic E-state index is 0.118. The summed E-state index contributed by atoms with van der Waals surface area (Å²) in [5.74, 6) is 0. The van der Waals surface area contributed by atoms with Gasteiger partial charge in [-0.3, -0.25) is 4.18 Å². The van der Waals surface area contributed by atoms with Crippen molar-refractivity contribution in [1.82, 2.24) is 0 Å². The smallest absolute Gasteiger partial charge is 0.263 e. The van der Waals surface area contributed by atoms with Crippen molar-refractivity contribution in [3.05, 3.63) is 47.4 Å². The molecule has 0 atom stereocenters. The highest BCUT2D eigenvalue weighted by Gasteiger charge is 2.19. The zero-order valence-electron chi connectivity index (χ0n) is 11.7. The van der Waals surface area contributed by atoms with Crippen LogP contribution in [0.25, 0.3) is 0 Å². The maximum absolute atomic E-state index is 11.8. The van der Waals surface area contributed by atoms with Gasteiger partial charge in [0.1, 0.15) is 0 Å². The van der Waals surface area contributed by atoms with Gasteiger partial charge < -0.3 is 0 Å². The number of rotatable bonds is 6. The second-order valence-corrected chi connectivity index (χ2v) is 6.70. The van der Waals surface area contributed by atoms with Gasteiger partial charge in [-0.2, -0.15) is 8.42 Å².